The molecule has 0 aromatic heterocycles. The second-order valence-corrected chi connectivity index (χ2v) is 5.97. The quantitative estimate of drug-likeness (QED) is 0.757. The molecule has 0 radical (unpaired) electrons. The van der Waals surface area contributed by atoms with E-state index in [1.165, 1.54) is 24.8 Å². The van der Waals surface area contributed by atoms with E-state index in [-0.39, 0.29) is 12.0 Å². The van der Waals surface area contributed by atoms with E-state index in [9.17, 15) is 0 Å². The largest absolute Gasteiger partial charge is 0.396 e. The van der Waals surface area contributed by atoms with Crippen LogP contribution in [0, 0.1) is 0 Å². The lowest BCUT2D eigenvalue weighted by molar-refractivity contribution is 0.284. The summed E-state index contributed by atoms with van der Waals surface area (Å²) >= 11 is 0. The van der Waals surface area contributed by atoms with E-state index >= 15 is 0 Å². The Kier molecular flexibility index (Phi) is 4.41. The topological polar surface area (TPSA) is 32.3 Å². The number of fused-ring (bicyclic) bond motifs is 1. The van der Waals surface area contributed by atoms with E-state index in [1.54, 1.807) is 11.1 Å². The third kappa shape index (κ3) is 3.12. The Bertz CT molecular complexity index is 398. The summed E-state index contributed by atoms with van der Waals surface area (Å²) < 4.78 is 0. The monoisotopic (exact) mass is 247 g/mol. The van der Waals surface area contributed by atoms with Gasteiger partial charge in [-0.1, -0.05) is 32.0 Å². The molecule has 1 aromatic rings. The van der Waals surface area contributed by atoms with Crippen LogP contribution in [0.3, 0.4) is 0 Å². The number of hydrogen-bond donors (Lipinski definition) is 2. The van der Waals surface area contributed by atoms with Gasteiger partial charge in [-0.15, -0.1) is 0 Å². The number of nitrogens with one attached hydrogen (secondary N) is 1. The standard InChI is InChI=1S/C16H25NO/c1-16(2,12-17-9-4-10-18)15-8-7-13-5-3-6-14(13)11-15/h7-8,11,17-18H,3-6,9-10,12H2,1-2H3. The van der Waals surface area contributed by atoms with Crippen molar-refractivity contribution < 1.29 is 5.11 Å². The number of benzene rings is 1. The fourth-order valence-electron chi connectivity index (χ4n) is 2.70. The molecule has 1 aliphatic carbocycles. The van der Waals surface area contributed by atoms with Crippen molar-refractivity contribution in [3.63, 3.8) is 0 Å². The summed E-state index contributed by atoms with van der Waals surface area (Å²) in [5, 5.41) is 12.2. The van der Waals surface area contributed by atoms with Gasteiger partial charge in [-0.3, -0.25) is 0 Å². The maximum absolute atomic E-state index is 8.78. The van der Waals surface area contributed by atoms with Crippen LogP contribution in [0.4, 0.5) is 0 Å². The third-order valence-electron chi connectivity index (χ3n) is 3.96. The van der Waals surface area contributed by atoms with Gasteiger partial charge in [0.1, 0.15) is 0 Å². The van der Waals surface area contributed by atoms with Crippen LogP contribution in [0.1, 0.15) is 43.4 Å². The molecule has 0 unspecified atom stereocenters. The molecule has 0 spiro atoms. The molecule has 1 aromatic carbocycles. The molecular formula is C16H25NO. The van der Waals surface area contributed by atoms with Gasteiger partial charge >= 0.3 is 0 Å². The number of rotatable bonds is 6. The van der Waals surface area contributed by atoms with Crippen LogP contribution in [0.15, 0.2) is 18.2 Å². The smallest absolute Gasteiger partial charge is 0.0443 e. The number of aryl methyl sites for hydroxylation is 2. The predicted octanol–water partition coefficient (Wildman–Crippen LogP) is 2.42. The van der Waals surface area contributed by atoms with Crippen molar-refractivity contribution in [2.24, 2.45) is 0 Å². The van der Waals surface area contributed by atoms with Gasteiger partial charge in [-0.2, -0.15) is 0 Å². The minimum absolute atomic E-state index is 0.160. The van der Waals surface area contributed by atoms with Crippen molar-refractivity contribution in [2.75, 3.05) is 19.7 Å². The number of aliphatic hydroxyl groups excluding tert-OH is 1. The molecule has 18 heavy (non-hydrogen) atoms. The van der Waals surface area contributed by atoms with E-state index in [1.807, 2.05) is 0 Å². The lowest BCUT2D eigenvalue weighted by atomic mass is 9.83. The van der Waals surface area contributed by atoms with E-state index in [4.69, 9.17) is 5.11 Å². The van der Waals surface area contributed by atoms with Gasteiger partial charge in [0.05, 0.1) is 0 Å². The lowest BCUT2D eigenvalue weighted by Gasteiger charge is -2.26. The normalized spacial score (nSPS) is 14.8. The fraction of sp³-hybridized carbons (Fsp3) is 0.625. The first-order valence-corrected chi connectivity index (χ1v) is 7.07. The highest BCUT2D eigenvalue weighted by molar-refractivity contribution is 5.38. The average molecular weight is 247 g/mol. The minimum Gasteiger partial charge on any atom is -0.396 e. The molecule has 0 atom stereocenters. The molecule has 0 heterocycles. The van der Waals surface area contributed by atoms with Crippen LogP contribution in [0.5, 0.6) is 0 Å². The van der Waals surface area contributed by atoms with Crippen molar-refractivity contribution >= 4 is 0 Å². The maximum Gasteiger partial charge on any atom is 0.0443 e. The summed E-state index contributed by atoms with van der Waals surface area (Å²) in [5.74, 6) is 0. The molecule has 1 aliphatic rings. The van der Waals surface area contributed by atoms with Crippen molar-refractivity contribution in [1.29, 1.82) is 0 Å². The summed E-state index contributed by atoms with van der Waals surface area (Å²) in [7, 11) is 0. The summed E-state index contributed by atoms with van der Waals surface area (Å²) in [6, 6.07) is 7.00. The van der Waals surface area contributed by atoms with Gasteiger partial charge in [0.15, 0.2) is 0 Å². The van der Waals surface area contributed by atoms with E-state index in [2.05, 4.69) is 37.4 Å². The molecule has 2 heteroatoms. The summed E-state index contributed by atoms with van der Waals surface area (Å²) in [6.07, 6.45) is 4.65. The minimum atomic E-state index is 0.160. The summed E-state index contributed by atoms with van der Waals surface area (Å²) in [4.78, 5) is 0. The fourth-order valence-corrected chi connectivity index (χ4v) is 2.70. The van der Waals surface area contributed by atoms with E-state index < -0.39 is 0 Å². The van der Waals surface area contributed by atoms with Gasteiger partial charge in [-0.05, 0) is 48.9 Å². The highest BCUT2D eigenvalue weighted by Gasteiger charge is 2.22. The summed E-state index contributed by atoms with van der Waals surface area (Å²) in [6.45, 7) is 6.70. The van der Waals surface area contributed by atoms with Crippen LogP contribution in [0.25, 0.3) is 0 Å². The second-order valence-electron chi connectivity index (χ2n) is 5.97. The van der Waals surface area contributed by atoms with Gasteiger partial charge in [0, 0.05) is 18.6 Å². The maximum atomic E-state index is 8.78. The number of hydrogen-bond acceptors (Lipinski definition) is 2. The van der Waals surface area contributed by atoms with Gasteiger partial charge < -0.3 is 10.4 Å². The average Bonchev–Trinajstić information content (AvgIpc) is 2.82. The zero-order valence-electron chi connectivity index (χ0n) is 11.6. The van der Waals surface area contributed by atoms with Crippen molar-refractivity contribution in [1.82, 2.24) is 5.32 Å². The zero-order chi connectivity index (χ0) is 13.0. The molecule has 0 aliphatic heterocycles. The molecule has 2 nitrogen and oxygen atoms in total. The summed E-state index contributed by atoms with van der Waals surface area (Å²) in [5.41, 5.74) is 4.69. The second kappa shape index (κ2) is 5.85. The van der Waals surface area contributed by atoms with Crippen molar-refractivity contribution in [2.45, 2.75) is 44.9 Å². The molecule has 0 saturated heterocycles. The van der Waals surface area contributed by atoms with Crippen LogP contribution < -0.4 is 5.32 Å². The Morgan fingerprint density at radius 3 is 2.78 bits per heavy atom. The molecular weight excluding hydrogens is 222 g/mol. The first-order chi connectivity index (χ1) is 8.63. The first kappa shape index (κ1) is 13.6. The Balaban J connectivity index is 2.00. The number of aliphatic hydroxyl groups is 1. The molecule has 2 rings (SSSR count). The van der Waals surface area contributed by atoms with Crippen LogP contribution in [0.2, 0.25) is 0 Å². The van der Waals surface area contributed by atoms with Gasteiger partial charge in [0.25, 0.3) is 0 Å². The third-order valence-corrected chi connectivity index (χ3v) is 3.96. The first-order valence-electron chi connectivity index (χ1n) is 7.07. The SMILES string of the molecule is CC(C)(CNCCCO)c1ccc2c(c1)CCC2. The Morgan fingerprint density at radius 2 is 2.00 bits per heavy atom. The lowest BCUT2D eigenvalue weighted by Crippen LogP contribution is -2.33. The van der Waals surface area contributed by atoms with Gasteiger partial charge in [0.2, 0.25) is 0 Å². The highest BCUT2D eigenvalue weighted by Crippen LogP contribution is 2.29. The predicted molar refractivity (Wildman–Crippen MR) is 76.1 cm³/mol. The van der Waals surface area contributed by atoms with Crippen LogP contribution in [-0.2, 0) is 18.3 Å². The van der Waals surface area contributed by atoms with Gasteiger partial charge in [-0.25, -0.2) is 0 Å². The zero-order valence-corrected chi connectivity index (χ0v) is 11.6. The molecule has 0 fully saturated rings. The van der Waals surface area contributed by atoms with Crippen LogP contribution >= 0.6 is 0 Å². The molecule has 100 valence electrons. The van der Waals surface area contributed by atoms with Crippen molar-refractivity contribution in [3.05, 3.63) is 34.9 Å². The Hall–Kier alpha value is -0.860. The van der Waals surface area contributed by atoms with Crippen LogP contribution in [-0.4, -0.2) is 24.8 Å². The molecule has 0 bridgehead atoms. The Labute approximate surface area is 110 Å². The van der Waals surface area contributed by atoms with E-state index in [0.29, 0.717) is 0 Å². The molecule has 2 N–H and O–H groups in total. The molecule has 0 amide bonds. The van der Waals surface area contributed by atoms with Crippen molar-refractivity contribution in [3.8, 4) is 0 Å². The molecule has 0 saturated carbocycles. The Morgan fingerprint density at radius 1 is 1.22 bits per heavy atom. The highest BCUT2D eigenvalue weighted by atomic mass is 16.3. The van der Waals surface area contributed by atoms with E-state index in [0.717, 1.165) is 19.5 Å².